The molecule has 0 bridgehead atoms. The van der Waals surface area contributed by atoms with Crippen LogP contribution in [0.25, 0.3) is 5.65 Å². The molecule has 0 amide bonds. The highest BCUT2D eigenvalue weighted by Gasteiger charge is 2.24. The average molecular weight is 322 g/mol. The number of fused-ring (bicyclic) bond motifs is 1. The van der Waals surface area contributed by atoms with E-state index < -0.39 is 0 Å². The average Bonchev–Trinajstić information content (AvgIpc) is 2.84. The Hall–Kier alpha value is -2.69. The van der Waals surface area contributed by atoms with E-state index in [9.17, 15) is 5.11 Å². The first-order valence-electron chi connectivity index (χ1n) is 7.96. The number of benzene rings is 1. The number of hydrogen-bond donors (Lipinski definition) is 1. The summed E-state index contributed by atoms with van der Waals surface area (Å²) in [6, 6.07) is 9.13. The van der Waals surface area contributed by atoms with Crippen LogP contribution in [0.4, 0.5) is 11.5 Å². The normalized spacial score (nSPS) is 12.4. The molecule has 0 atom stereocenters. The van der Waals surface area contributed by atoms with Gasteiger partial charge in [-0.25, -0.2) is 4.98 Å². The molecule has 24 heavy (non-hydrogen) atoms. The number of phenolic OH excluding ortho intramolecular Hbond substituents is 1. The van der Waals surface area contributed by atoms with E-state index in [1.54, 1.807) is 18.2 Å². The number of aryl methyl sites for hydroxylation is 2. The fraction of sp³-hybridized carbons (Fsp3) is 0.316. The molecular formula is C19H22N4O. The molecule has 1 N–H and O–H groups in total. The van der Waals surface area contributed by atoms with Crippen LogP contribution in [0.3, 0.4) is 0 Å². The van der Waals surface area contributed by atoms with Crippen molar-refractivity contribution in [3.8, 4) is 5.75 Å². The molecule has 0 radical (unpaired) electrons. The molecule has 5 nitrogen and oxygen atoms in total. The maximum Gasteiger partial charge on any atom is 0.183 e. The Morgan fingerprint density at radius 2 is 1.79 bits per heavy atom. The predicted octanol–water partition coefficient (Wildman–Crippen LogP) is 5.37. The van der Waals surface area contributed by atoms with Crippen LogP contribution in [-0.2, 0) is 5.41 Å². The highest BCUT2D eigenvalue weighted by atomic mass is 16.3. The van der Waals surface area contributed by atoms with Crippen molar-refractivity contribution >= 4 is 17.2 Å². The summed E-state index contributed by atoms with van der Waals surface area (Å²) < 4.78 is 1.97. The first kappa shape index (κ1) is 16.2. The van der Waals surface area contributed by atoms with E-state index in [-0.39, 0.29) is 11.2 Å². The summed E-state index contributed by atoms with van der Waals surface area (Å²) in [5.74, 6) is 0.970. The lowest BCUT2D eigenvalue weighted by atomic mass is 9.92. The molecule has 0 aliphatic rings. The van der Waals surface area contributed by atoms with E-state index in [0.717, 1.165) is 34.0 Å². The molecule has 0 unspecified atom stereocenters. The van der Waals surface area contributed by atoms with E-state index in [1.165, 1.54) is 0 Å². The molecule has 2 heterocycles. The van der Waals surface area contributed by atoms with Gasteiger partial charge >= 0.3 is 0 Å². The fourth-order valence-electron chi connectivity index (χ4n) is 2.59. The van der Waals surface area contributed by atoms with Gasteiger partial charge in [-0.05, 0) is 55.3 Å². The van der Waals surface area contributed by atoms with Crippen molar-refractivity contribution in [2.75, 3.05) is 0 Å². The van der Waals surface area contributed by atoms with Crippen LogP contribution in [0.15, 0.2) is 46.8 Å². The summed E-state index contributed by atoms with van der Waals surface area (Å²) in [5.41, 5.74) is 4.41. The highest BCUT2D eigenvalue weighted by molar-refractivity contribution is 5.56. The van der Waals surface area contributed by atoms with E-state index in [0.29, 0.717) is 0 Å². The summed E-state index contributed by atoms with van der Waals surface area (Å²) in [6.07, 6.45) is 1.98. The smallest absolute Gasteiger partial charge is 0.183 e. The quantitative estimate of drug-likeness (QED) is 0.645. The van der Waals surface area contributed by atoms with Gasteiger partial charge in [-0.2, -0.15) is 0 Å². The molecule has 0 spiro atoms. The van der Waals surface area contributed by atoms with Gasteiger partial charge in [0.25, 0.3) is 0 Å². The highest BCUT2D eigenvalue weighted by Crippen LogP contribution is 2.34. The molecule has 3 aromatic rings. The fourth-order valence-corrected chi connectivity index (χ4v) is 2.59. The Bertz CT molecular complexity index is 932. The van der Waals surface area contributed by atoms with Gasteiger partial charge in [-0.1, -0.05) is 20.8 Å². The van der Waals surface area contributed by atoms with E-state index in [4.69, 9.17) is 4.98 Å². The third-order valence-corrected chi connectivity index (χ3v) is 3.90. The summed E-state index contributed by atoms with van der Waals surface area (Å²) in [4.78, 5) is 4.76. The number of pyridine rings is 1. The minimum Gasteiger partial charge on any atom is -0.508 e. The lowest BCUT2D eigenvalue weighted by Gasteiger charge is -2.15. The van der Waals surface area contributed by atoms with Crippen LogP contribution in [0.1, 0.15) is 37.6 Å². The number of phenols is 1. The maximum atomic E-state index is 9.52. The molecule has 0 fully saturated rings. The molecule has 0 aliphatic heterocycles. The zero-order valence-corrected chi connectivity index (χ0v) is 14.7. The third-order valence-electron chi connectivity index (χ3n) is 3.90. The van der Waals surface area contributed by atoms with Gasteiger partial charge in [-0.15, -0.1) is 10.2 Å². The Morgan fingerprint density at radius 3 is 2.46 bits per heavy atom. The molecule has 0 saturated heterocycles. The van der Waals surface area contributed by atoms with Gasteiger partial charge in [0.2, 0.25) is 0 Å². The van der Waals surface area contributed by atoms with Gasteiger partial charge in [0.05, 0.1) is 11.4 Å². The Morgan fingerprint density at radius 1 is 1.04 bits per heavy atom. The molecule has 2 aromatic heterocycles. The summed E-state index contributed by atoms with van der Waals surface area (Å²) in [6.45, 7) is 10.3. The standard InChI is InChI=1S/C19H22N4O/c1-12-8-9-23-16(10-12)20-17(19(3,4)5)18(23)22-21-15-7-6-14(24)11-13(15)2/h6-11,24H,1-5H3. The van der Waals surface area contributed by atoms with E-state index in [2.05, 4.69) is 31.0 Å². The van der Waals surface area contributed by atoms with Crippen LogP contribution in [-0.4, -0.2) is 14.5 Å². The van der Waals surface area contributed by atoms with Crippen LogP contribution in [0.2, 0.25) is 0 Å². The second-order valence-electron chi connectivity index (χ2n) is 7.14. The Balaban J connectivity index is 2.15. The third kappa shape index (κ3) is 3.02. The molecule has 5 heteroatoms. The second-order valence-corrected chi connectivity index (χ2v) is 7.14. The molecule has 0 aliphatic carbocycles. The predicted molar refractivity (Wildman–Crippen MR) is 95.6 cm³/mol. The van der Waals surface area contributed by atoms with E-state index in [1.807, 2.05) is 36.6 Å². The number of aromatic nitrogens is 2. The molecule has 3 rings (SSSR count). The lowest BCUT2D eigenvalue weighted by Crippen LogP contribution is -2.11. The van der Waals surface area contributed by atoms with Crippen LogP contribution in [0, 0.1) is 13.8 Å². The zero-order valence-electron chi connectivity index (χ0n) is 14.7. The van der Waals surface area contributed by atoms with Crippen molar-refractivity contribution in [3.05, 3.63) is 53.3 Å². The number of hydrogen-bond acceptors (Lipinski definition) is 4. The van der Waals surface area contributed by atoms with Gasteiger partial charge in [0.1, 0.15) is 11.4 Å². The summed E-state index contributed by atoms with van der Waals surface area (Å²) in [7, 11) is 0. The number of azo groups is 1. The Kier molecular flexibility index (Phi) is 3.87. The van der Waals surface area contributed by atoms with Crippen molar-refractivity contribution < 1.29 is 5.11 Å². The summed E-state index contributed by atoms with van der Waals surface area (Å²) in [5, 5.41) is 18.4. The van der Waals surface area contributed by atoms with Gasteiger partial charge in [0.15, 0.2) is 5.82 Å². The Labute approximate surface area is 141 Å². The molecule has 1 aromatic carbocycles. The van der Waals surface area contributed by atoms with Gasteiger partial charge in [-0.3, -0.25) is 4.40 Å². The summed E-state index contributed by atoms with van der Waals surface area (Å²) >= 11 is 0. The number of aromatic hydroxyl groups is 1. The van der Waals surface area contributed by atoms with E-state index >= 15 is 0 Å². The van der Waals surface area contributed by atoms with Gasteiger partial charge in [0, 0.05) is 11.6 Å². The molecular weight excluding hydrogens is 300 g/mol. The number of imidazole rings is 1. The van der Waals surface area contributed by atoms with Crippen molar-refractivity contribution in [1.29, 1.82) is 0 Å². The molecule has 124 valence electrons. The molecule has 0 saturated carbocycles. The minimum absolute atomic E-state index is 0.141. The number of nitrogens with zero attached hydrogens (tertiary/aromatic N) is 4. The number of rotatable bonds is 2. The lowest BCUT2D eigenvalue weighted by molar-refractivity contribution is 0.475. The van der Waals surface area contributed by atoms with Crippen molar-refractivity contribution in [2.45, 2.75) is 40.0 Å². The minimum atomic E-state index is -0.141. The maximum absolute atomic E-state index is 9.52. The largest absolute Gasteiger partial charge is 0.508 e. The first-order valence-corrected chi connectivity index (χ1v) is 7.96. The van der Waals surface area contributed by atoms with Crippen molar-refractivity contribution in [2.24, 2.45) is 10.2 Å². The topological polar surface area (TPSA) is 62.2 Å². The van der Waals surface area contributed by atoms with Crippen LogP contribution < -0.4 is 0 Å². The van der Waals surface area contributed by atoms with Crippen LogP contribution in [0.5, 0.6) is 5.75 Å². The first-order chi connectivity index (χ1) is 11.3. The second kappa shape index (κ2) is 5.74. The van der Waals surface area contributed by atoms with Gasteiger partial charge < -0.3 is 5.11 Å². The van der Waals surface area contributed by atoms with Crippen molar-refractivity contribution in [3.63, 3.8) is 0 Å². The van der Waals surface area contributed by atoms with Crippen molar-refractivity contribution in [1.82, 2.24) is 9.38 Å². The zero-order chi connectivity index (χ0) is 17.5. The SMILES string of the molecule is Cc1ccn2c(N=Nc3ccc(O)cc3C)c(C(C)(C)C)nc2c1. The monoisotopic (exact) mass is 322 g/mol. The van der Waals surface area contributed by atoms with Crippen LogP contribution >= 0.6 is 0 Å².